The maximum absolute atomic E-state index is 9.17. The highest BCUT2D eigenvalue weighted by atomic mass is 16.5. The normalized spacial score (nSPS) is 14.3. The van der Waals surface area contributed by atoms with Crippen LogP contribution >= 0.6 is 0 Å². The van der Waals surface area contributed by atoms with Crippen LogP contribution < -0.4 is 5.73 Å². The molecule has 0 radical (unpaired) electrons. The lowest BCUT2D eigenvalue weighted by atomic mass is 10.0. The molecule has 1 rings (SSSR count). The largest absolute Gasteiger partial charge is 0.364 e. The van der Waals surface area contributed by atoms with Crippen LogP contribution in [0.5, 0.6) is 0 Å². The first-order valence-electron chi connectivity index (χ1n) is 3.77. The van der Waals surface area contributed by atoms with Crippen molar-refractivity contribution < 1.29 is 10.2 Å². The Bertz CT molecular complexity index is 240. The summed E-state index contributed by atoms with van der Waals surface area (Å²) in [5, 5.41) is 18.3. The molecule has 3 heteroatoms. The first-order valence-corrected chi connectivity index (χ1v) is 3.77. The summed E-state index contributed by atoms with van der Waals surface area (Å²) in [5.41, 5.74) is 6.28. The average molecular weight is 167 g/mol. The van der Waals surface area contributed by atoms with Crippen LogP contribution in [0.15, 0.2) is 30.3 Å². The van der Waals surface area contributed by atoms with Crippen molar-refractivity contribution in [2.75, 3.05) is 0 Å². The van der Waals surface area contributed by atoms with Crippen LogP contribution in [-0.4, -0.2) is 16.0 Å². The van der Waals surface area contributed by atoms with E-state index in [1.54, 1.807) is 24.3 Å². The molecule has 0 aliphatic heterocycles. The minimum atomic E-state index is -1.86. The third-order valence-corrected chi connectivity index (χ3v) is 1.75. The maximum atomic E-state index is 9.17. The average Bonchev–Trinajstić information content (AvgIpc) is 2.03. The van der Waals surface area contributed by atoms with Crippen molar-refractivity contribution in [1.29, 1.82) is 0 Å². The van der Waals surface area contributed by atoms with Gasteiger partial charge in [0.05, 0.1) is 6.04 Å². The van der Waals surface area contributed by atoms with Crippen molar-refractivity contribution in [3.8, 4) is 0 Å². The van der Waals surface area contributed by atoms with Crippen molar-refractivity contribution in [3.05, 3.63) is 35.9 Å². The van der Waals surface area contributed by atoms with E-state index < -0.39 is 11.8 Å². The Morgan fingerprint density at radius 2 is 1.75 bits per heavy atom. The van der Waals surface area contributed by atoms with E-state index in [4.69, 9.17) is 5.73 Å². The molecule has 4 N–H and O–H groups in total. The second-order valence-corrected chi connectivity index (χ2v) is 2.98. The van der Waals surface area contributed by atoms with Gasteiger partial charge in [0.2, 0.25) is 0 Å². The molecule has 0 saturated heterocycles. The van der Waals surface area contributed by atoms with Gasteiger partial charge in [0.1, 0.15) is 0 Å². The molecule has 3 nitrogen and oxygen atoms in total. The number of rotatable bonds is 2. The van der Waals surface area contributed by atoms with E-state index in [0.717, 1.165) is 0 Å². The second-order valence-electron chi connectivity index (χ2n) is 2.98. The van der Waals surface area contributed by atoms with E-state index in [1.807, 2.05) is 6.07 Å². The Hall–Kier alpha value is -0.900. The highest BCUT2D eigenvalue weighted by Crippen LogP contribution is 2.19. The number of hydrogen-bond donors (Lipinski definition) is 3. The smallest absolute Gasteiger partial charge is 0.179 e. The molecular weight excluding hydrogens is 154 g/mol. The summed E-state index contributed by atoms with van der Waals surface area (Å²) in [6.07, 6.45) is 0. The zero-order valence-corrected chi connectivity index (χ0v) is 6.94. The first kappa shape index (κ1) is 9.19. The van der Waals surface area contributed by atoms with Gasteiger partial charge in [0.15, 0.2) is 5.79 Å². The van der Waals surface area contributed by atoms with Gasteiger partial charge in [-0.3, -0.25) is 0 Å². The molecule has 66 valence electrons. The predicted molar refractivity (Wildman–Crippen MR) is 46.2 cm³/mol. The maximum Gasteiger partial charge on any atom is 0.179 e. The summed E-state index contributed by atoms with van der Waals surface area (Å²) < 4.78 is 0. The van der Waals surface area contributed by atoms with E-state index in [2.05, 4.69) is 0 Å². The number of nitrogens with two attached hydrogens (primary N) is 1. The molecule has 12 heavy (non-hydrogen) atoms. The molecule has 1 aromatic carbocycles. The standard InChI is InChI=1S/C9H13NO2/c1-9(11,12)8(10)7-5-3-2-4-6-7/h2-6,8,11-12H,10H2,1H3. The minimum absolute atomic E-state index is 0.713. The zero-order chi connectivity index (χ0) is 9.19. The van der Waals surface area contributed by atoms with Crippen LogP contribution in [0.25, 0.3) is 0 Å². The first-order chi connectivity index (χ1) is 5.52. The summed E-state index contributed by atoms with van der Waals surface area (Å²) in [4.78, 5) is 0. The fraction of sp³-hybridized carbons (Fsp3) is 0.333. The van der Waals surface area contributed by atoms with Gasteiger partial charge in [-0.25, -0.2) is 0 Å². The lowest BCUT2D eigenvalue weighted by molar-refractivity contribution is -0.162. The van der Waals surface area contributed by atoms with Gasteiger partial charge < -0.3 is 15.9 Å². The summed E-state index contributed by atoms with van der Waals surface area (Å²) >= 11 is 0. The molecule has 0 aliphatic rings. The molecule has 0 heterocycles. The van der Waals surface area contributed by atoms with Crippen molar-refractivity contribution >= 4 is 0 Å². The quantitative estimate of drug-likeness (QED) is 0.558. The van der Waals surface area contributed by atoms with E-state index in [9.17, 15) is 10.2 Å². The number of aliphatic hydroxyl groups is 2. The lowest BCUT2D eigenvalue weighted by Gasteiger charge is -2.24. The molecule has 1 atom stereocenters. The second kappa shape index (κ2) is 3.23. The van der Waals surface area contributed by atoms with Gasteiger partial charge in [-0.1, -0.05) is 30.3 Å². The Balaban J connectivity index is 2.86. The number of benzene rings is 1. The van der Waals surface area contributed by atoms with Gasteiger partial charge in [-0.2, -0.15) is 0 Å². The molecule has 0 bridgehead atoms. The van der Waals surface area contributed by atoms with Crippen molar-refractivity contribution in [1.82, 2.24) is 0 Å². The number of hydrogen-bond acceptors (Lipinski definition) is 3. The summed E-state index contributed by atoms with van der Waals surface area (Å²) in [5.74, 6) is -1.86. The third kappa shape index (κ3) is 2.04. The molecule has 1 unspecified atom stereocenters. The van der Waals surface area contributed by atoms with Crippen LogP contribution in [0.4, 0.5) is 0 Å². The molecule has 0 aliphatic carbocycles. The van der Waals surface area contributed by atoms with Crippen molar-refractivity contribution in [2.24, 2.45) is 5.73 Å². The molecule has 0 amide bonds. The topological polar surface area (TPSA) is 66.5 Å². The van der Waals surface area contributed by atoms with Crippen LogP contribution in [0.1, 0.15) is 18.5 Å². The monoisotopic (exact) mass is 167 g/mol. The van der Waals surface area contributed by atoms with Gasteiger partial charge in [-0.05, 0) is 12.5 Å². The summed E-state index contributed by atoms with van der Waals surface area (Å²) in [6.45, 7) is 1.27. The predicted octanol–water partition coefficient (Wildman–Crippen LogP) is 0.387. The Labute approximate surface area is 71.5 Å². The van der Waals surface area contributed by atoms with Gasteiger partial charge in [0, 0.05) is 0 Å². The molecular formula is C9H13NO2. The Morgan fingerprint density at radius 3 is 2.17 bits per heavy atom. The SMILES string of the molecule is CC(O)(O)C(N)c1ccccc1. The molecule has 0 fully saturated rings. The van der Waals surface area contributed by atoms with E-state index in [0.29, 0.717) is 5.56 Å². The molecule has 1 aromatic rings. The fourth-order valence-electron chi connectivity index (χ4n) is 0.976. The van der Waals surface area contributed by atoms with Gasteiger partial charge in [-0.15, -0.1) is 0 Å². The lowest BCUT2D eigenvalue weighted by Crippen LogP contribution is -2.37. The third-order valence-electron chi connectivity index (χ3n) is 1.75. The van der Waals surface area contributed by atoms with Crippen LogP contribution in [0.3, 0.4) is 0 Å². The van der Waals surface area contributed by atoms with Crippen molar-refractivity contribution in [3.63, 3.8) is 0 Å². The van der Waals surface area contributed by atoms with Crippen molar-refractivity contribution in [2.45, 2.75) is 18.8 Å². The minimum Gasteiger partial charge on any atom is -0.364 e. The highest BCUT2D eigenvalue weighted by Gasteiger charge is 2.26. The Kier molecular flexibility index (Phi) is 2.47. The molecule has 0 spiro atoms. The Morgan fingerprint density at radius 1 is 1.25 bits per heavy atom. The zero-order valence-electron chi connectivity index (χ0n) is 6.94. The van der Waals surface area contributed by atoms with Gasteiger partial charge in [0.25, 0.3) is 0 Å². The van der Waals surface area contributed by atoms with Crippen LogP contribution in [0, 0.1) is 0 Å². The van der Waals surface area contributed by atoms with Crippen LogP contribution in [-0.2, 0) is 0 Å². The van der Waals surface area contributed by atoms with E-state index in [-0.39, 0.29) is 0 Å². The van der Waals surface area contributed by atoms with E-state index >= 15 is 0 Å². The molecule has 0 saturated carbocycles. The fourth-order valence-corrected chi connectivity index (χ4v) is 0.976. The van der Waals surface area contributed by atoms with Gasteiger partial charge >= 0.3 is 0 Å². The van der Waals surface area contributed by atoms with Crippen LogP contribution in [0.2, 0.25) is 0 Å². The molecule has 0 aromatic heterocycles. The summed E-state index contributed by atoms with van der Waals surface area (Å²) in [6, 6.07) is 8.22. The summed E-state index contributed by atoms with van der Waals surface area (Å²) in [7, 11) is 0. The van der Waals surface area contributed by atoms with E-state index in [1.165, 1.54) is 6.92 Å². The highest BCUT2D eigenvalue weighted by molar-refractivity contribution is 5.19.